The zero-order valence-corrected chi connectivity index (χ0v) is 10.5. The van der Waals surface area contributed by atoms with Gasteiger partial charge in [0.05, 0.1) is 5.56 Å². The minimum Gasteiger partial charge on any atom is -0.478 e. The zero-order chi connectivity index (χ0) is 14.5. The van der Waals surface area contributed by atoms with E-state index in [0.29, 0.717) is 11.1 Å². The molecule has 2 aromatic rings. The monoisotopic (exact) mass is 273 g/mol. The van der Waals surface area contributed by atoms with E-state index in [1.165, 1.54) is 36.4 Å². The van der Waals surface area contributed by atoms with Gasteiger partial charge >= 0.3 is 5.97 Å². The second kappa shape index (κ2) is 5.97. The van der Waals surface area contributed by atoms with E-state index in [1.807, 2.05) is 0 Å². The van der Waals surface area contributed by atoms with Crippen molar-refractivity contribution in [3.63, 3.8) is 0 Å². The SMILES string of the molecule is O=C(O)c1cccc(CNC(=O)c2ccc(F)cc2)c1. The first-order valence-corrected chi connectivity index (χ1v) is 5.92. The topological polar surface area (TPSA) is 66.4 Å². The minimum absolute atomic E-state index is 0.165. The summed E-state index contributed by atoms with van der Waals surface area (Å²) in [6.07, 6.45) is 0. The second-order valence-corrected chi connectivity index (χ2v) is 4.20. The molecule has 2 rings (SSSR count). The fourth-order valence-electron chi connectivity index (χ4n) is 1.70. The highest BCUT2D eigenvalue weighted by Crippen LogP contribution is 2.06. The van der Waals surface area contributed by atoms with Crippen LogP contribution in [0.15, 0.2) is 48.5 Å². The fraction of sp³-hybridized carbons (Fsp3) is 0.0667. The van der Waals surface area contributed by atoms with Gasteiger partial charge in [-0.1, -0.05) is 12.1 Å². The van der Waals surface area contributed by atoms with Crippen LogP contribution in [0, 0.1) is 5.82 Å². The third-order valence-electron chi connectivity index (χ3n) is 2.73. The van der Waals surface area contributed by atoms with Gasteiger partial charge in [-0.3, -0.25) is 4.79 Å². The van der Waals surface area contributed by atoms with Crippen molar-refractivity contribution in [2.45, 2.75) is 6.54 Å². The number of hydrogen-bond acceptors (Lipinski definition) is 2. The summed E-state index contributed by atoms with van der Waals surface area (Å²) in [6, 6.07) is 11.5. The normalized spacial score (nSPS) is 10.1. The molecule has 20 heavy (non-hydrogen) atoms. The average molecular weight is 273 g/mol. The number of nitrogens with one attached hydrogen (secondary N) is 1. The maximum absolute atomic E-state index is 12.7. The summed E-state index contributed by atoms with van der Waals surface area (Å²) >= 11 is 0. The molecule has 0 aliphatic heterocycles. The first-order chi connectivity index (χ1) is 9.56. The van der Waals surface area contributed by atoms with Crippen molar-refractivity contribution in [1.82, 2.24) is 5.32 Å². The molecule has 5 heteroatoms. The molecule has 0 spiro atoms. The van der Waals surface area contributed by atoms with Crippen LogP contribution < -0.4 is 5.32 Å². The van der Waals surface area contributed by atoms with Crippen LogP contribution >= 0.6 is 0 Å². The molecule has 0 fully saturated rings. The maximum atomic E-state index is 12.7. The summed E-state index contributed by atoms with van der Waals surface area (Å²) < 4.78 is 12.7. The predicted molar refractivity (Wildman–Crippen MR) is 71.0 cm³/mol. The lowest BCUT2D eigenvalue weighted by Gasteiger charge is -2.06. The van der Waals surface area contributed by atoms with Crippen molar-refractivity contribution in [2.24, 2.45) is 0 Å². The Morgan fingerprint density at radius 1 is 1.05 bits per heavy atom. The van der Waals surface area contributed by atoms with Gasteiger partial charge < -0.3 is 10.4 Å². The maximum Gasteiger partial charge on any atom is 0.335 e. The van der Waals surface area contributed by atoms with Crippen LogP contribution in [0.25, 0.3) is 0 Å². The molecule has 0 aliphatic carbocycles. The molecule has 0 saturated heterocycles. The molecule has 102 valence electrons. The lowest BCUT2D eigenvalue weighted by molar-refractivity contribution is 0.0696. The lowest BCUT2D eigenvalue weighted by atomic mass is 10.1. The number of carboxylic acids is 1. The Kier molecular flexibility index (Phi) is 4.10. The molecule has 2 N–H and O–H groups in total. The summed E-state index contributed by atoms with van der Waals surface area (Å²) in [5.74, 6) is -1.77. The second-order valence-electron chi connectivity index (χ2n) is 4.20. The van der Waals surface area contributed by atoms with Gasteiger partial charge in [0.15, 0.2) is 0 Å². The number of carboxylic acid groups (broad SMARTS) is 1. The number of benzene rings is 2. The van der Waals surface area contributed by atoms with Crippen LogP contribution in [0.1, 0.15) is 26.3 Å². The van der Waals surface area contributed by atoms with Gasteiger partial charge in [0.2, 0.25) is 0 Å². The first-order valence-electron chi connectivity index (χ1n) is 5.92. The van der Waals surface area contributed by atoms with Crippen molar-refractivity contribution in [3.05, 3.63) is 71.0 Å². The van der Waals surface area contributed by atoms with Crippen molar-refractivity contribution >= 4 is 11.9 Å². The van der Waals surface area contributed by atoms with Crippen LogP contribution in [0.2, 0.25) is 0 Å². The minimum atomic E-state index is -1.02. The smallest absolute Gasteiger partial charge is 0.335 e. The molecule has 0 unspecified atom stereocenters. The van der Waals surface area contributed by atoms with Crippen LogP contribution in [0.4, 0.5) is 4.39 Å². The number of halogens is 1. The zero-order valence-electron chi connectivity index (χ0n) is 10.5. The van der Waals surface area contributed by atoms with Crippen LogP contribution in [0.5, 0.6) is 0 Å². The number of rotatable bonds is 4. The standard InChI is InChI=1S/C15H12FNO3/c16-13-6-4-11(5-7-13)14(18)17-9-10-2-1-3-12(8-10)15(19)20/h1-8H,9H2,(H,17,18)(H,19,20). The lowest BCUT2D eigenvalue weighted by Crippen LogP contribution is -2.22. The molecule has 2 aromatic carbocycles. The molecule has 0 aromatic heterocycles. The van der Waals surface area contributed by atoms with E-state index in [2.05, 4.69) is 5.32 Å². The highest BCUT2D eigenvalue weighted by Gasteiger charge is 2.07. The highest BCUT2D eigenvalue weighted by molar-refractivity contribution is 5.94. The van der Waals surface area contributed by atoms with E-state index < -0.39 is 11.8 Å². The number of carbonyl (C=O) groups is 2. The fourth-order valence-corrected chi connectivity index (χ4v) is 1.70. The molecule has 0 aliphatic rings. The van der Waals surface area contributed by atoms with Gasteiger partial charge in [-0.15, -0.1) is 0 Å². The molecule has 1 amide bonds. The molecular weight excluding hydrogens is 261 g/mol. The highest BCUT2D eigenvalue weighted by atomic mass is 19.1. The quantitative estimate of drug-likeness (QED) is 0.899. The van der Waals surface area contributed by atoms with Crippen LogP contribution in [-0.2, 0) is 6.54 Å². The van der Waals surface area contributed by atoms with E-state index in [-0.39, 0.29) is 18.0 Å². The van der Waals surface area contributed by atoms with Gasteiger partial charge in [0.25, 0.3) is 5.91 Å². The van der Waals surface area contributed by atoms with Gasteiger partial charge in [-0.25, -0.2) is 9.18 Å². The van der Waals surface area contributed by atoms with E-state index in [4.69, 9.17) is 5.11 Å². The first kappa shape index (κ1) is 13.7. The Labute approximate surface area is 114 Å². The van der Waals surface area contributed by atoms with Gasteiger partial charge in [0.1, 0.15) is 5.82 Å². The van der Waals surface area contributed by atoms with E-state index in [1.54, 1.807) is 12.1 Å². The molecule has 0 heterocycles. The Morgan fingerprint density at radius 2 is 1.75 bits per heavy atom. The Hall–Kier alpha value is -2.69. The Balaban J connectivity index is 2.01. The summed E-state index contributed by atoms with van der Waals surface area (Å²) in [6.45, 7) is 0.206. The molecule has 0 radical (unpaired) electrons. The number of aromatic carboxylic acids is 1. The molecule has 4 nitrogen and oxygen atoms in total. The van der Waals surface area contributed by atoms with Crippen LogP contribution in [0.3, 0.4) is 0 Å². The average Bonchev–Trinajstić information content (AvgIpc) is 2.46. The summed E-state index contributed by atoms with van der Waals surface area (Å²) in [5.41, 5.74) is 1.19. The molecule has 0 atom stereocenters. The van der Waals surface area contributed by atoms with Crippen molar-refractivity contribution in [1.29, 1.82) is 0 Å². The largest absolute Gasteiger partial charge is 0.478 e. The number of amides is 1. The summed E-state index contributed by atoms with van der Waals surface area (Å²) in [5, 5.41) is 11.5. The van der Waals surface area contributed by atoms with E-state index in [0.717, 1.165) is 0 Å². The Morgan fingerprint density at radius 3 is 2.40 bits per heavy atom. The molecule has 0 saturated carbocycles. The number of carbonyl (C=O) groups excluding carboxylic acids is 1. The number of hydrogen-bond donors (Lipinski definition) is 2. The predicted octanol–water partition coefficient (Wildman–Crippen LogP) is 2.45. The third kappa shape index (κ3) is 3.41. The molecular formula is C15H12FNO3. The van der Waals surface area contributed by atoms with Gasteiger partial charge in [0, 0.05) is 12.1 Å². The summed E-state index contributed by atoms with van der Waals surface area (Å²) in [4.78, 5) is 22.6. The van der Waals surface area contributed by atoms with Crippen molar-refractivity contribution < 1.29 is 19.1 Å². The van der Waals surface area contributed by atoms with E-state index in [9.17, 15) is 14.0 Å². The van der Waals surface area contributed by atoms with Gasteiger partial charge in [-0.2, -0.15) is 0 Å². The molecule has 0 bridgehead atoms. The van der Waals surface area contributed by atoms with E-state index >= 15 is 0 Å². The van der Waals surface area contributed by atoms with Crippen molar-refractivity contribution in [2.75, 3.05) is 0 Å². The Bertz CT molecular complexity index is 638. The third-order valence-corrected chi connectivity index (χ3v) is 2.73. The van der Waals surface area contributed by atoms with Crippen molar-refractivity contribution in [3.8, 4) is 0 Å². The van der Waals surface area contributed by atoms with Crippen LogP contribution in [-0.4, -0.2) is 17.0 Å². The summed E-state index contributed by atoms with van der Waals surface area (Å²) in [7, 11) is 0. The van der Waals surface area contributed by atoms with Gasteiger partial charge in [-0.05, 0) is 42.0 Å².